The molecule has 0 spiro atoms. The molecular formula is C25H29BrN4O5. The van der Waals surface area contributed by atoms with Crippen molar-refractivity contribution in [3.05, 3.63) is 58.6 Å². The number of likely N-dealkylation sites (tertiary alicyclic amines) is 1. The molecule has 4 amide bonds. The molecule has 0 radical (unpaired) electrons. The van der Waals surface area contributed by atoms with Crippen molar-refractivity contribution in [3.63, 3.8) is 0 Å². The highest BCUT2D eigenvalue weighted by Crippen LogP contribution is 2.25. The van der Waals surface area contributed by atoms with Crippen LogP contribution in [0.1, 0.15) is 44.0 Å². The van der Waals surface area contributed by atoms with E-state index in [9.17, 15) is 19.2 Å². The van der Waals surface area contributed by atoms with Crippen LogP contribution in [0.3, 0.4) is 0 Å². The molecule has 0 saturated carbocycles. The van der Waals surface area contributed by atoms with E-state index in [0.29, 0.717) is 30.8 Å². The highest BCUT2D eigenvalue weighted by atomic mass is 79.9. The molecule has 0 aliphatic carbocycles. The topological polar surface area (TPSA) is 117 Å². The molecule has 1 atom stereocenters. The average molecular weight is 545 g/mol. The monoisotopic (exact) mass is 544 g/mol. The van der Waals surface area contributed by atoms with Gasteiger partial charge in [0.05, 0.1) is 11.3 Å². The second kappa shape index (κ2) is 11.4. The number of nitrogens with zero attached hydrogens (tertiary/aromatic N) is 1. The molecule has 1 heterocycles. The third-order valence-electron chi connectivity index (χ3n) is 5.15. The van der Waals surface area contributed by atoms with Gasteiger partial charge in [-0.15, -0.1) is 0 Å². The van der Waals surface area contributed by atoms with Gasteiger partial charge in [-0.25, -0.2) is 4.79 Å². The number of nitrogens with one attached hydrogen (secondary N) is 3. The Kier molecular flexibility index (Phi) is 8.50. The molecule has 0 aromatic heterocycles. The number of amides is 4. The Balaban J connectivity index is 1.65. The molecule has 3 N–H and O–H groups in total. The fourth-order valence-corrected chi connectivity index (χ4v) is 3.90. The average Bonchev–Trinajstić information content (AvgIpc) is 3.28. The Morgan fingerprint density at radius 2 is 1.71 bits per heavy atom. The molecule has 1 saturated heterocycles. The molecule has 1 aliphatic rings. The van der Waals surface area contributed by atoms with E-state index < -0.39 is 23.6 Å². The molecule has 1 aliphatic heterocycles. The van der Waals surface area contributed by atoms with Crippen LogP contribution in [0.15, 0.2) is 53.0 Å². The molecule has 0 bridgehead atoms. The van der Waals surface area contributed by atoms with Crippen molar-refractivity contribution in [1.29, 1.82) is 0 Å². The van der Waals surface area contributed by atoms with Crippen LogP contribution in [0.2, 0.25) is 0 Å². The standard InChI is InChI=1S/C25H29BrN4O5/c1-25(2,3)35-24(34)27-15-21(31)29-19-8-5-4-7-18(19)23(33)30-14-6-9-20(30)22(32)28-17-12-10-16(26)11-13-17/h4-5,7-8,10-13,20H,6,9,14-15H2,1-3H3,(H,27,34)(H,28,32)(H,29,31)/t20-/m0/s1. The zero-order valence-electron chi connectivity index (χ0n) is 19.9. The maximum absolute atomic E-state index is 13.4. The minimum Gasteiger partial charge on any atom is -0.444 e. The van der Waals surface area contributed by atoms with Gasteiger partial charge in [-0.3, -0.25) is 14.4 Å². The lowest BCUT2D eigenvalue weighted by Crippen LogP contribution is -2.43. The Bertz CT molecular complexity index is 1100. The summed E-state index contributed by atoms with van der Waals surface area (Å²) >= 11 is 3.36. The SMILES string of the molecule is CC(C)(C)OC(=O)NCC(=O)Nc1ccccc1C(=O)N1CCC[C@H]1C(=O)Nc1ccc(Br)cc1. The molecule has 10 heteroatoms. The number of benzene rings is 2. The largest absolute Gasteiger partial charge is 0.444 e. The van der Waals surface area contributed by atoms with Gasteiger partial charge in [0.25, 0.3) is 5.91 Å². The van der Waals surface area contributed by atoms with Crippen molar-refractivity contribution in [2.45, 2.75) is 45.3 Å². The van der Waals surface area contributed by atoms with Gasteiger partial charge in [-0.1, -0.05) is 28.1 Å². The van der Waals surface area contributed by atoms with Crippen LogP contribution in [0.4, 0.5) is 16.2 Å². The molecule has 2 aromatic carbocycles. The zero-order valence-corrected chi connectivity index (χ0v) is 21.5. The number of carbonyl (C=O) groups excluding carboxylic acids is 4. The van der Waals surface area contributed by atoms with Gasteiger partial charge >= 0.3 is 6.09 Å². The second-order valence-electron chi connectivity index (χ2n) is 9.10. The van der Waals surface area contributed by atoms with E-state index in [1.54, 1.807) is 57.2 Å². The zero-order chi connectivity index (χ0) is 25.6. The lowest BCUT2D eigenvalue weighted by Gasteiger charge is -2.25. The van der Waals surface area contributed by atoms with Gasteiger partial charge < -0.3 is 25.6 Å². The summed E-state index contributed by atoms with van der Waals surface area (Å²) < 4.78 is 6.02. The van der Waals surface area contributed by atoms with E-state index in [-0.39, 0.29) is 23.9 Å². The molecule has 3 rings (SSSR count). The first-order chi connectivity index (χ1) is 16.5. The second-order valence-corrected chi connectivity index (χ2v) is 10.0. The molecule has 9 nitrogen and oxygen atoms in total. The predicted molar refractivity (Wildman–Crippen MR) is 136 cm³/mol. The number of anilines is 2. The van der Waals surface area contributed by atoms with Crippen molar-refractivity contribution < 1.29 is 23.9 Å². The number of ether oxygens (including phenoxy) is 1. The van der Waals surface area contributed by atoms with Crippen molar-refractivity contribution in [2.24, 2.45) is 0 Å². The van der Waals surface area contributed by atoms with E-state index in [0.717, 1.165) is 4.47 Å². The lowest BCUT2D eigenvalue weighted by atomic mass is 10.1. The van der Waals surface area contributed by atoms with Crippen LogP contribution in [0.5, 0.6) is 0 Å². The first kappa shape index (κ1) is 26.2. The van der Waals surface area contributed by atoms with Crippen LogP contribution in [-0.2, 0) is 14.3 Å². The van der Waals surface area contributed by atoms with Crippen LogP contribution < -0.4 is 16.0 Å². The first-order valence-electron chi connectivity index (χ1n) is 11.3. The minimum absolute atomic E-state index is 0.263. The third-order valence-corrected chi connectivity index (χ3v) is 5.68. The number of hydrogen-bond donors (Lipinski definition) is 3. The van der Waals surface area contributed by atoms with Gasteiger partial charge in [-0.05, 0) is 70.0 Å². The molecular weight excluding hydrogens is 516 g/mol. The highest BCUT2D eigenvalue weighted by molar-refractivity contribution is 9.10. The third kappa shape index (κ3) is 7.54. The van der Waals surface area contributed by atoms with Crippen molar-refractivity contribution >= 4 is 51.1 Å². The minimum atomic E-state index is -0.714. The van der Waals surface area contributed by atoms with E-state index in [1.807, 2.05) is 12.1 Å². The Morgan fingerprint density at radius 3 is 2.40 bits per heavy atom. The quantitative estimate of drug-likeness (QED) is 0.504. The van der Waals surface area contributed by atoms with Gasteiger partial charge in [0.15, 0.2) is 0 Å². The van der Waals surface area contributed by atoms with Gasteiger partial charge in [0, 0.05) is 16.7 Å². The van der Waals surface area contributed by atoms with Crippen molar-refractivity contribution in [2.75, 3.05) is 23.7 Å². The van der Waals surface area contributed by atoms with E-state index in [1.165, 1.54) is 4.90 Å². The fraction of sp³-hybridized carbons (Fsp3) is 0.360. The first-order valence-corrected chi connectivity index (χ1v) is 12.1. The number of hydrogen-bond acceptors (Lipinski definition) is 5. The Morgan fingerprint density at radius 1 is 1.03 bits per heavy atom. The Labute approximate surface area is 212 Å². The smallest absolute Gasteiger partial charge is 0.408 e. The maximum atomic E-state index is 13.4. The van der Waals surface area contributed by atoms with Crippen molar-refractivity contribution in [1.82, 2.24) is 10.2 Å². The summed E-state index contributed by atoms with van der Waals surface area (Å²) in [6.07, 6.45) is 0.523. The van der Waals surface area contributed by atoms with Crippen molar-refractivity contribution in [3.8, 4) is 0 Å². The summed E-state index contributed by atoms with van der Waals surface area (Å²) in [6.45, 7) is 5.27. The van der Waals surface area contributed by atoms with Crippen LogP contribution >= 0.6 is 15.9 Å². The maximum Gasteiger partial charge on any atom is 0.408 e. The number of alkyl carbamates (subject to hydrolysis) is 1. The summed E-state index contributed by atoms with van der Waals surface area (Å²) in [7, 11) is 0. The molecule has 1 fully saturated rings. The molecule has 2 aromatic rings. The summed E-state index contributed by atoms with van der Waals surface area (Å²) in [6, 6.07) is 13.2. The van der Waals surface area contributed by atoms with E-state index in [4.69, 9.17) is 4.74 Å². The highest BCUT2D eigenvalue weighted by Gasteiger charge is 2.35. The number of carbonyl (C=O) groups is 4. The summed E-state index contributed by atoms with van der Waals surface area (Å²) in [5, 5.41) is 7.91. The van der Waals surface area contributed by atoms with E-state index >= 15 is 0 Å². The predicted octanol–water partition coefficient (Wildman–Crippen LogP) is 4.16. The lowest BCUT2D eigenvalue weighted by molar-refractivity contribution is -0.119. The number of halogens is 1. The molecule has 35 heavy (non-hydrogen) atoms. The van der Waals surface area contributed by atoms with Gasteiger partial charge in [0.1, 0.15) is 18.2 Å². The van der Waals surface area contributed by atoms with Crippen LogP contribution in [0.25, 0.3) is 0 Å². The summed E-state index contributed by atoms with van der Waals surface area (Å²) in [5.74, 6) is -1.13. The van der Waals surface area contributed by atoms with Gasteiger partial charge in [0.2, 0.25) is 11.8 Å². The Hall–Kier alpha value is -3.40. The molecule has 0 unspecified atom stereocenters. The van der Waals surface area contributed by atoms with Gasteiger partial charge in [-0.2, -0.15) is 0 Å². The van der Waals surface area contributed by atoms with E-state index in [2.05, 4.69) is 31.9 Å². The molecule has 186 valence electrons. The number of para-hydroxylation sites is 1. The number of rotatable bonds is 6. The fourth-order valence-electron chi connectivity index (χ4n) is 3.64. The summed E-state index contributed by atoms with van der Waals surface area (Å²) in [5.41, 5.74) is 0.520. The summed E-state index contributed by atoms with van der Waals surface area (Å²) in [4.78, 5) is 52.0. The normalized spacial score (nSPS) is 15.3. The van der Waals surface area contributed by atoms with Crippen LogP contribution in [0, 0.1) is 0 Å². The van der Waals surface area contributed by atoms with Crippen LogP contribution in [-0.4, -0.2) is 53.4 Å².